The third-order valence-electron chi connectivity index (χ3n) is 5.92. The van der Waals surface area contributed by atoms with Gasteiger partial charge >= 0.3 is 0 Å². The summed E-state index contributed by atoms with van der Waals surface area (Å²) >= 11 is 0. The molecule has 0 bridgehead atoms. The predicted octanol–water partition coefficient (Wildman–Crippen LogP) is 6.58. The summed E-state index contributed by atoms with van der Waals surface area (Å²) < 4.78 is 4.22. The van der Waals surface area contributed by atoms with E-state index in [9.17, 15) is 5.11 Å². The van der Waals surface area contributed by atoms with Crippen molar-refractivity contribution in [1.82, 2.24) is 9.13 Å². The number of aliphatic hydroxyl groups is 1. The van der Waals surface area contributed by atoms with Gasteiger partial charge in [0.05, 0.1) is 17.6 Å². The van der Waals surface area contributed by atoms with E-state index >= 15 is 0 Å². The normalized spacial score (nSPS) is 11.6. The lowest BCUT2D eigenvalue weighted by Gasteiger charge is -2.15. The average Bonchev–Trinajstić information content (AvgIpc) is 3.14. The Balaban J connectivity index is 2.01. The van der Waals surface area contributed by atoms with Crippen molar-refractivity contribution < 1.29 is 5.11 Å². The van der Waals surface area contributed by atoms with E-state index < -0.39 is 0 Å². The summed E-state index contributed by atoms with van der Waals surface area (Å²) in [7, 11) is 0. The highest BCUT2D eigenvalue weighted by Crippen LogP contribution is 2.23. The zero-order valence-corrected chi connectivity index (χ0v) is 20.2. The topological polar surface area (TPSA) is 42.5 Å². The van der Waals surface area contributed by atoms with Crippen LogP contribution in [-0.2, 0) is 0 Å². The number of nitrogens with zero attached hydrogens (tertiary/aromatic N) is 3. The Morgan fingerprint density at radius 1 is 0.697 bits per heavy atom. The van der Waals surface area contributed by atoms with Gasteiger partial charge in [-0.25, -0.2) is 4.99 Å². The van der Waals surface area contributed by atoms with Gasteiger partial charge in [-0.3, -0.25) is 9.13 Å². The van der Waals surface area contributed by atoms with Crippen molar-refractivity contribution in [2.45, 2.75) is 41.5 Å². The highest BCUT2D eigenvalue weighted by atomic mass is 16.3. The van der Waals surface area contributed by atoms with Crippen molar-refractivity contribution in [3.8, 4) is 11.4 Å². The Bertz CT molecular complexity index is 1290. The minimum absolute atomic E-state index is 0.129. The average molecular weight is 438 g/mol. The van der Waals surface area contributed by atoms with Crippen LogP contribution in [0.2, 0.25) is 0 Å². The summed E-state index contributed by atoms with van der Waals surface area (Å²) in [5.41, 5.74) is 10.9. The van der Waals surface area contributed by atoms with Crippen LogP contribution in [-0.4, -0.2) is 14.2 Å². The van der Waals surface area contributed by atoms with Crippen LogP contribution in [0.4, 0.5) is 0 Å². The molecular weight excluding hydrogens is 406 g/mol. The van der Waals surface area contributed by atoms with Crippen molar-refractivity contribution in [3.63, 3.8) is 0 Å². The van der Waals surface area contributed by atoms with Gasteiger partial charge in [-0.2, -0.15) is 0 Å². The van der Waals surface area contributed by atoms with Crippen LogP contribution in [0.15, 0.2) is 78.2 Å². The van der Waals surface area contributed by atoms with Gasteiger partial charge in [0.2, 0.25) is 5.62 Å². The van der Waals surface area contributed by atoms with E-state index in [0.29, 0.717) is 0 Å². The molecule has 0 amide bonds. The molecule has 0 spiro atoms. The zero-order chi connectivity index (χ0) is 23.7. The quantitative estimate of drug-likeness (QED) is 0.360. The number of benzene rings is 3. The van der Waals surface area contributed by atoms with E-state index in [1.165, 1.54) is 39.6 Å². The fourth-order valence-corrected chi connectivity index (χ4v) is 4.76. The molecule has 0 unspecified atom stereocenters. The summed E-state index contributed by atoms with van der Waals surface area (Å²) in [4.78, 5) is 4.82. The molecule has 1 heterocycles. The predicted molar refractivity (Wildman–Crippen MR) is 136 cm³/mol. The van der Waals surface area contributed by atoms with Crippen LogP contribution in [0.5, 0.6) is 0 Å². The number of aromatic nitrogens is 2. The third kappa shape index (κ3) is 4.42. The Kier molecular flexibility index (Phi) is 6.10. The van der Waals surface area contributed by atoms with Crippen molar-refractivity contribution in [3.05, 3.63) is 118 Å². The summed E-state index contributed by atoms with van der Waals surface area (Å²) in [5, 5.41) is 10.7. The molecule has 0 aliphatic carbocycles. The van der Waals surface area contributed by atoms with Crippen molar-refractivity contribution in [2.24, 2.45) is 4.99 Å². The fourth-order valence-electron chi connectivity index (χ4n) is 4.76. The molecule has 168 valence electrons. The minimum Gasteiger partial charge on any atom is -0.506 e. The second kappa shape index (κ2) is 8.99. The van der Waals surface area contributed by atoms with Gasteiger partial charge in [0.1, 0.15) is 5.76 Å². The Hall–Kier alpha value is -3.79. The molecule has 0 atom stereocenters. The molecule has 4 rings (SSSR count). The van der Waals surface area contributed by atoms with Crippen LogP contribution >= 0.6 is 0 Å². The maximum absolute atomic E-state index is 10.7. The first kappa shape index (κ1) is 22.4. The second-order valence-electron chi connectivity index (χ2n) is 8.84. The first-order chi connectivity index (χ1) is 15.8. The fraction of sp³-hybridized carbons (Fsp3) is 0.207. The van der Waals surface area contributed by atoms with Gasteiger partial charge in [-0.1, -0.05) is 65.7 Å². The van der Waals surface area contributed by atoms with Gasteiger partial charge in [0.25, 0.3) is 0 Å². The summed E-state index contributed by atoms with van der Waals surface area (Å²) in [6.07, 6.45) is 5.64. The van der Waals surface area contributed by atoms with Gasteiger partial charge in [-0.05, 0) is 63.8 Å². The smallest absolute Gasteiger partial charge is 0.219 e. The molecule has 33 heavy (non-hydrogen) atoms. The monoisotopic (exact) mass is 437 g/mol. The molecule has 3 aromatic carbocycles. The van der Waals surface area contributed by atoms with Crippen LogP contribution < -0.4 is 5.62 Å². The number of hydrogen-bond acceptors (Lipinski definition) is 2. The SMILES string of the molecule is Cc1cc(C)c(-n2ccn(-c3c(C)cc(C)cc3C)c2=N/C=C(\O)c2ccccc2)c(C)c1. The van der Waals surface area contributed by atoms with Crippen LogP contribution in [0.25, 0.3) is 17.1 Å². The third-order valence-corrected chi connectivity index (χ3v) is 5.92. The molecule has 0 aliphatic heterocycles. The second-order valence-corrected chi connectivity index (χ2v) is 8.84. The molecule has 1 N–H and O–H groups in total. The molecule has 0 saturated heterocycles. The standard InChI is InChI=1S/C29H31N3O/c1-19-14-21(3)27(22(4)15-19)31-12-13-32(28-23(5)16-20(2)17-24(28)6)29(31)30-18-26(33)25-10-8-7-9-11-25/h7-18,33H,1-6H3/b26-18-. The largest absolute Gasteiger partial charge is 0.506 e. The summed E-state index contributed by atoms with van der Waals surface area (Å²) in [5.74, 6) is 0.129. The molecule has 0 radical (unpaired) electrons. The van der Waals surface area contributed by atoms with Gasteiger partial charge < -0.3 is 5.11 Å². The maximum Gasteiger partial charge on any atom is 0.219 e. The molecule has 0 saturated carbocycles. The number of aliphatic hydroxyl groups excluding tert-OH is 1. The molecule has 4 nitrogen and oxygen atoms in total. The van der Waals surface area contributed by atoms with Gasteiger partial charge in [0.15, 0.2) is 0 Å². The van der Waals surface area contributed by atoms with E-state index in [1.807, 2.05) is 30.3 Å². The van der Waals surface area contributed by atoms with Crippen LogP contribution in [0.3, 0.4) is 0 Å². The summed E-state index contributed by atoms with van der Waals surface area (Å²) in [6, 6.07) is 18.2. The van der Waals surface area contributed by atoms with Crippen molar-refractivity contribution >= 4 is 5.76 Å². The van der Waals surface area contributed by atoms with Crippen molar-refractivity contribution in [1.29, 1.82) is 0 Å². The summed E-state index contributed by atoms with van der Waals surface area (Å²) in [6.45, 7) is 12.7. The Morgan fingerprint density at radius 2 is 1.12 bits per heavy atom. The number of hydrogen-bond donors (Lipinski definition) is 1. The van der Waals surface area contributed by atoms with Gasteiger partial charge in [0, 0.05) is 18.0 Å². The molecule has 0 fully saturated rings. The lowest BCUT2D eigenvalue weighted by Crippen LogP contribution is -2.25. The molecule has 0 aliphatic rings. The first-order valence-corrected chi connectivity index (χ1v) is 11.2. The van der Waals surface area contributed by atoms with Crippen LogP contribution in [0, 0.1) is 41.5 Å². The zero-order valence-electron chi connectivity index (χ0n) is 20.2. The van der Waals surface area contributed by atoms with Crippen molar-refractivity contribution in [2.75, 3.05) is 0 Å². The van der Waals surface area contributed by atoms with E-state index in [4.69, 9.17) is 4.99 Å². The maximum atomic E-state index is 10.7. The molecule has 4 aromatic rings. The lowest BCUT2D eigenvalue weighted by atomic mass is 10.0. The number of rotatable bonds is 4. The Morgan fingerprint density at radius 3 is 1.55 bits per heavy atom. The van der Waals surface area contributed by atoms with E-state index in [2.05, 4.69) is 87.3 Å². The molecule has 4 heteroatoms. The lowest BCUT2D eigenvalue weighted by molar-refractivity contribution is 0.510. The highest BCUT2D eigenvalue weighted by molar-refractivity contribution is 5.58. The van der Waals surface area contributed by atoms with E-state index in [1.54, 1.807) is 0 Å². The molecule has 1 aromatic heterocycles. The number of aryl methyl sites for hydroxylation is 6. The highest BCUT2D eigenvalue weighted by Gasteiger charge is 2.14. The number of imidazole rings is 1. The van der Waals surface area contributed by atoms with E-state index in [-0.39, 0.29) is 5.76 Å². The van der Waals surface area contributed by atoms with Crippen LogP contribution in [0.1, 0.15) is 38.9 Å². The molecular formula is C29H31N3O. The minimum atomic E-state index is 0.129. The first-order valence-electron chi connectivity index (χ1n) is 11.2. The Labute approximate surface area is 195 Å². The van der Waals surface area contributed by atoms with Gasteiger partial charge in [-0.15, -0.1) is 0 Å². The van der Waals surface area contributed by atoms with E-state index in [0.717, 1.165) is 22.6 Å².